The molecule has 0 aliphatic rings. The van der Waals surface area contributed by atoms with Gasteiger partial charge < -0.3 is 20.4 Å². The summed E-state index contributed by atoms with van der Waals surface area (Å²) in [6.45, 7) is 4.30. The number of rotatable bonds is 9. The molecule has 2 rings (SSSR count). The average molecular weight is 366 g/mol. The molecular weight excluding hydrogens is 340 g/mol. The minimum atomic E-state index is -2.07. The number of nitrogens with zero attached hydrogens (tertiary/aromatic N) is 1. The van der Waals surface area contributed by atoms with Crippen LogP contribution in [-0.4, -0.2) is 44.8 Å². The summed E-state index contributed by atoms with van der Waals surface area (Å²) in [4.78, 5) is 15.9. The van der Waals surface area contributed by atoms with Crippen molar-refractivity contribution < 1.29 is 19.4 Å². The molecule has 0 radical (unpaired) electrons. The van der Waals surface area contributed by atoms with E-state index in [9.17, 15) is 15.0 Å². The quantitative estimate of drug-likeness (QED) is 0.625. The van der Waals surface area contributed by atoms with Crippen molar-refractivity contribution in [2.24, 2.45) is 11.7 Å². The number of hydrogen-bond acceptors (Lipinski definition) is 6. The van der Waals surface area contributed by atoms with Gasteiger partial charge in [-0.3, -0.25) is 4.98 Å². The van der Waals surface area contributed by atoms with E-state index in [4.69, 9.17) is 10.2 Å². The highest BCUT2D eigenvalue weighted by molar-refractivity contribution is 7.98. The first kappa shape index (κ1) is 19.8. The fourth-order valence-electron chi connectivity index (χ4n) is 2.70. The predicted molar refractivity (Wildman–Crippen MR) is 99.8 cm³/mol. The van der Waals surface area contributed by atoms with E-state index < -0.39 is 17.6 Å². The monoisotopic (exact) mass is 366 g/mol. The third-order valence-electron chi connectivity index (χ3n) is 4.31. The standard InChI is InChI=1S/C18H26N2O4S/c1-11(2)4-5-12-8-13-14(20-7-6-15(13)24-12)9-18(23,17(21)22)16(19)10-25-3/h6-8,11,16,23H,4-5,9-10,19H2,1-3H3,(H,21,22)/t16-,18+/m0/s1. The second kappa shape index (κ2) is 8.21. The maximum absolute atomic E-state index is 11.7. The number of nitrogens with two attached hydrogens (primary N) is 1. The van der Waals surface area contributed by atoms with Gasteiger partial charge in [0, 0.05) is 30.2 Å². The molecule has 0 aromatic carbocycles. The Kier molecular flexibility index (Phi) is 6.48. The van der Waals surface area contributed by atoms with Crippen molar-refractivity contribution in [2.45, 2.75) is 44.8 Å². The molecule has 0 unspecified atom stereocenters. The largest absolute Gasteiger partial charge is 0.479 e. The SMILES string of the molecule is CSC[C@H](N)[C@](O)(Cc1nccc2oc(CCC(C)C)cc12)C(=O)O. The third-order valence-corrected chi connectivity index (χ3v) is 5.01. The summed E-state index contributed by atoms with van der Waals surface area (Å²) in [5.74, 6) is 0.401. The summed E-state index contributed by atoms with van der Waals surface area (Å²) in [7, 11) is 0. The van der Waals surface area contributed by atoms with E-state index >= 15 is 0 Å². The summed E-state index contributed by atoms with van der Waals surface area (Å²) < 4.78 is 5.84. The van der Waals surface area contributed by atoms with Crippen molar-refractivity contribution in [3.05, 3.63) is 29.8 Å². The summed E-state index contributed by atoms with van der Waals surface area (Å²) in [5, 5.41) is 20.9. The van der Waals surface area contributed by atoms with E-state index in [1.807, 2.05) is 12.3 Å². The van der Waals surface area contributed by atoms with Crippen LogP contribution in [0, 0.1) is 5.92 Å². The van der Waals surface area contributed by atoms with Gasteiger partial charge in [-0.1, -0.05) is 13.8 Å². The van der Waals surface area contributed by atoms with Crippen molar-refractivity contribution in [2.75, 3.05) is 12.0 Å². The lowest BCUT2D eigenvalue weighted by Gasteiger charge is -2.29. The smallest absolute Gasteiger partial charge is 0.337 e. The van der Waals surface area contributed by atoms with Gasteiger partial charge in [-0.05, 0) is 30.7 Å². The van der Waals surface area contributed by atoms with Crippen molar-refractivity contribution in [3.8, 4) is 0 Å². The Balaban J connectivity index is 2.34. The zero-order valence-electron chi connectivity index (χ0n) is 14.9. The first-order valence-electron chi connectivity index (χ1n) is 8.34. The van der Waals surface area contributed by atoms with Crippen LogP contribution in [0.3, 0.4) is 0 Å². The summed E-state index contributed by atoms with van der Waals surface area (Å²) in [5.41, 5.74) is 5.00. The molecule has 4 N–H and O–H groups in total. The molecule has 0 bridgehead atoms. The average Bonchev–Trinajstić information content (AvgIpc) is 2.97. The van der Waals surface area contributed by atoms with Crippen LogP contribution >= 0.6 is 11.8 Å². The topological polar surface area (TPSA) is 110 Å². The molecular formula is C18H26N2O4S. The molecule has 25 heavy (non-hydrogen) atoms. The lowest BCUT2D eigenvalue weighted by atomic mass is 9.89. The van der Waals surface area contributed by atoms with E-state index in [1.54, 1.807) is 12.3 Å². The van der Waals surface area contributed by atoms with Crippen LogP contribution in [0.1, 0.15) is 31.7 Å². The van der Waals surface area contributed by atoms with E-state index in [0.717, 1.165) is 24.0 Å². The minimum absolute atomic E-state index is 0.162. The number of aliphatic carboxylic acids is 1. The number of thioether (sulfide) groups is 1. The van der Waals surface area contributed by atoms with Gasteiger partial charge in [0.15, 0.2) is 5.60 Å². The van der Waals surface area contributed by atoms with Crippen molar-refractivity contribution >= 4 is 28.7 Å². The first-order chi connectivity index (χ1) is 11.8. The number of carboxylic acid groups (broad SMARTS) is 1. The Bertz CT molecular complexity index is 731. The Morgan fingerprint density at radius 1 is 1.48 bits per heavy atom. The van der Waals surface area contributed by atoms with Crippen LogP contribution in [-0.2, 0) is 17.6 Å². The van der Waals surface area contributed by atoms with Gasteiger partial charge in [0.05, 0.1) is 11.7 Å². The number of furan rings is 1. The number of aromatic nitrogens is 1. The van der Waals surface area contributed by atoms with E-state index in [2.05, 4.69) is 18.8 Å². The summed E-state index contributed by atoms with van der Waals surface area (Å²) in [6.07, 6.45) is 5.03. The van der Waals surface area contributed by atoms with Gasteiger partial charge in [0.25, 0.3) is 0 Å². The van der Waals surface area contributed by atoms with Crippen molar-refractivity contribution in [3.63, 3.8) is 0 Å². The molecule has 7 heteroatoms. The lowest BCUT2D eigenvalue weighted by molar-refractivity contribution is -0.160. The van der Waals surface area contributed by atoms with Crippen LogP contribution in [0.4, 0.5) is 0 Å². The third kappa shape index (κ3) is 4.54. The van der Waals surface area contributed by atoms with E-state index in [0.29, 0.717) is 22.9 Å². The molecule has 138 valence electrons. The van der Waals surface area contributed by atoms with Crippen LogP contribution in [0.15, 0.2) is 22.7 Å². The van der Waals surface area contributed by atoms with Crippen LogP contribution in [0.25, 0.3) is 11.0 Å². The van der Waals surface area contributed by atoms with Gasteiger partial charge in [-0.25, -0.2) is 4.79 Å². The maximum atomic E-state index is 11.7. The number of aliphatic hydroxyl groups is 1. The predicted octanol–water partition coefficient (Wildman–Crippen LogP) is 2.46. The zero-order chi connectivity index (χ0) is 18.6. The van der Waals surface area contributed by atoms with Crippen molar-refractivity contribution in [1.29, 1.82) is 0 Å². The molecule has 2 aromatic rings. The highest BCUT2D eigenvalue weighted by atomic mass is 32.2. The van der Waals surface area contributed by atoms with Gasteiger partial charge in [-0.2, -0.15) is 11.8 Å². The van der Waals surface area contributed by atoms with Crippen LogP contribution in [0.5, 0.6) is 0 Å². The van der Waals surface area contributed by atoms with Crippen molar-refractivity contribution in [1.82, 2.24) is 4.98 Å². The van der Waals surface area contributed by atoms with Gasteiger partial charge in [0.1, 0.15) is 11.3 Å². The minimum Gasteiger partial charge on any atom is -0.479 e. The summed E-state index contributed by atoms with van der Waals surface area (Å²) >= 11 is 1.39. The molecule has 0 saturated heterocycles. The molecule has 0 aliphatic carbocycles. The number of pyridine rings is 1. The fourth-order valence-corrected chi connectivity index (χ4v) is 3.34. The molecule has 0 amide bonds. The Morgan fingerprint density at radius 3 is 2.80 bits per heavy atom. The number of carboxylic acids is 1. The van der Waals surface area contributed by atoms with Gasteiger partial charge in [0.2, 0.25) is 0 Å². The molecule has 2 atom stereocenters. The number of fused-ring (bicyclic) bond motifs is 1. The molecule has 0 saturated carbocycles. The number of carbonyl (C=O) groups is 1. The molecule has 2 aromatic heterocycles. The maximum Gasteiger partial charge on any atom is 0.337 e. The lowest BCUT2D eigenvalue weighted by Crippen LogP contribution is -2.57. The Morgan fingerprint density at radius 2 is 2.20 bits per heavy atom. The van der Waals surface area contributed by atoms with E-state index in [1.165, 1.54) is 11.8 Å². The molecule has 2 heterocycles. The second-order valence-corrected chi connectivity index (χ2v) is 7.69. The van der Waals surface area contributed by atoms with Crippen LogP contribution in [0.2, 0.25) is 0 Å². The highest BCUT2D eigenvalue weighted by Crippen LogP contribution is 2.27. The van der Waals surface area contributed by atoms with Crippen LogP contribution < -0.4 is 5.73 Å². The second-order valence-electron chi connectivity index (χ2n) is 6.78. The first-order valence-corrected chi connectivity index (χ1v) is 9.74. The molecule has 6 nitrogen and oxygen atoms in total. The summed E-state index contributed by atoms with van der Waals surface area (Å²) in [6, 6.07) is 2.74. The normalized spacial score (nSPS) is 15.4. The Hall–Kier alpha value is -1.57. The van der Waals surface area contributed by atoms with Gasteiger partial charge in [-0.15, -0.1) is 0 Å². The number of aryl methyl sites for hydroxylation is 1. The zero-order valence-corrected chi connectivity index (χ0v) is 15.7. The van der Waals surface area contributed by atoms with Gasteiger partial charge >= 0.3 is 5.97 Å². The van der Waals surface area contributed by atoms with E-state index in [-0.39, 0.29) is 6.42 Å². The fraction of sp³-hybridized carbons (Fsp3) is 0.556. The highest BCUT2D eigenvalue weighted by Gasteiger charge is 2.43. The Labute approximate surface area is 151 Å². The molecule has 0 aliphatic heterocycles. The number of hydrogen-bond donors (Lipinski definition) is 3. The molecule has 0 spiro atoms. The molecule has 0 fully saturated rings.